The van der Waals surface area contributed by atoms with Crippen LogP contribution in [0.25, 0.3) is 0 Å². The molecule has 2 aromatic rings. The molecule has 134 valence electrons. The van der Waals surface area contributed by atoms with Crippen LogP contribution in [0.15, 0.2) is 42.5 Å². The van der Waals surface area contributed by atoms with Crippen LogP contribution in [0, 0.1) is 5.82 Å². The van der Waals surface area contributed by atoms with Crippen molar-refractivity contribution in [3.05, 3.63) is 59.4 Å². The molecule has 0 saturated heterocycles. The highest BCUT2D eigenvalue weighted by atomic mass is 19.4. The SMILES string of the molecule is O=Cc1ccc(OCc2ccc(OCCCC(F)(F)F)cc2F)cc1. The summed E-state index contributed by atoms with van der Waals surface area (Å²) in [7, 11) is 0. The summed E-state index contributed by atoms with van der Waals surface area (Å²) in [6.07, 6.45) is -4.65. The maximum absolute atomic E-state index is 14.0. The number of carbonyl (C=O) groups excluding carboxylic acids is 1. The lowest BCUT2D eigenvalue weighted by molar-refractivity contribution is -0.136. The largest absolute Gasteiger partial charge is 0.493 e. The number of aldehydes is 1. The molecule has 0 radical (unpaired) electrons. The third-order valence-corrected chi connectivity index (χ3v) is 3.31. The highest BCUT2D eigenvalue weighted by molar-refractivity contribution is 5.74. The van der Waals surface area contributed by atoms with Gasteiger partial charge >= 0.3 is 6.18 Å². The van der Waals surface area contributed by atoms with Crippen LogP contribution in [0.2, 0.25) is 0 Å². The molecule has 7 heteroatoms. The van der Waals surface area contributed by atoms with Crippen molar-refractivity contribution in [3.63, 3.8) is 0 Å². The lowest BCUT2D eigenvalue weighted by Gasteiger charge is -2.10. The second-order valence-corrected chi connectivity index (χ2v) is 5.30. The van der Waals surface area contributed by atoms with Gasteiger partial charge in [-0.25, -0.2) is 4.39 Å². The normalized spacial score (nSPS) is 11.2. The number of rotatable bonds is 8. The van der Waals surface area contributed by atoms with Crippen molar-refractivity contribution in [2.75, 3.05) is 6.61 Å². The van der Waals surface area contributed by atoms with E-state index < -0.39 is 18.4 Å². The molecule has 0 heterocycles. The molecule has 0 aliphatic carbocycles. The first-order chi connectivity index (χ1) is 11.9. The zero-order chi connectivity index (χ0) is 18.3. The van der Waals surface area contributed by atoms with Gasteiger partial charge < -0.3 is 9.47 Å². The molecule has 0 amide bonds. The van der Waals surface area contributed by atoms with Crippen molar-refractivity contribution < 1.29 is 31.8 Å². The Morgan fingerprint density at radius 3 is 2.24 bits per heavy atom. The van der Waals surface area contributed by atoms with Crippen molar-refractivity contribution in [2.24, 2.45) is 0 Å². The van der Waals surface area contributed by atoms with Crippen LogP contribution in [0.5, 0.6) is 11.5 Å². The number of alkyl halides is 3. The first-order valence-electron chi connectivity index (χ1n) is 7.53. The third kappa shape index (κ3) is 6.45. The van der Waals surface area contributed by atoms with Gasteiger partial charge in [-0.1, -0.05) is 0 Å². The summed E-state index contributed by atoms with van der Waals surface area (Å²) in [6, 6.07) is 10.4. The van der Waals surface area contributed by atoms with E-state index in [4.69, 9.17) is 9.47 Å². The maximum Gasteiger partial charge on any atom is 0.389 e. The van der Waals surface area contributed by atoms with Gasteiger partial charge in [-0.2, -0.15) is 13.2 Å². The van der Waals surface area contributed by atoms with Gasteiger partial charge in [0, 0.05) is 23.6 Å². The third-order valence-electron chi connectivity index (χ3n) is 3.31. The highest BCUT2D eigenvalue weighted by Crippen LogP contribution is 2.23. The number of ether oxygens (including phenoxy) is 2. The Bertz CT molecular complexity index is 696. The van der Waals surface area contributed by atoms with Gasteiger partial charge in [0.15, 0.2) is 0 Å². The topological polar surface area (TPSA) is 35.5 Å². The molecule has 2 rings (SSSR count). The Labute approximate surface area is 142 Å². The van der Waals surface area contributed by atoms with Crippen molar-refractivity contribution in [2.45, 2.75) is 25.6 Å². The van der Waals surface area contributed by atoms with Crippen LogP contribution < -0.4 is 9.47 Å². The summed E-state index contributed by atoms with van der Waals surface area (Å²) >= 11 is 0. The summed E-state index contributed by atoms with van der Waals surface area (Å²) in [5.74, 6) is 0.0778. The van der Waals surface area contributed by atoms with Crippen LogP contribution in [0.4, 0.5) is 17.6 Å². The zero-order valence-electron chi connectivity index (χ0n) is 13.2. The standard InChI is InChI=1S/C18H16F4O3/c19-17-10-16(24-9-1-8-18(20,21)22)7-4-14(17)12-25-15-5-2-13(11-23)3-6-15/h2-7,10-11H,1,8-9,12H2. The molecule has 0 bridgehead atoms. The molecular formula is C18H16F4O3. The second-order valence-electron chi connectivity index (χ2n) is 5.30. The van der Waals surface area contributed by atoms with Gasteiger partial charge in [-0.3, -0.25) is 4.79 Å². The second kappa shape index (κ2) is 8.50. The minimum absolute atomic E-state index is 0.0272. The van der Waals surface area contributed by atoms with Gasteiger partial charge in [-0.15, -0.1) is 0 Å². The Kier molecular flexibility index (Phi) is 6.38. The van der Waals surface area contributed by atoms with Gasteiger partial charge in [0.1, 0.15) is 30.2 Å². The lowest BCUT2D eigenvalue weighted by atomic mass is 10.2. The van der Waals surface area contributed by atoms with Gasteiger partial charge in [0.25, 0.3) is 0 Å². The predicted octanol–water partition coefficient (Wildman–Crippen LogP) is 4.94. The van der Waals surface area contributed by atoms with E-state index in [-0.39, 0.29) is 30.9 Å². The monoisotopic (exact) mass is 356 g/mol. The molecule has 0 aliphatic rings. The van der Waals surface area contributed by atoms with Crippen LogP contribution in [0.3, 0.4) is 0 Å². The Morgan fingerprint density at radius 1 is 0.960 bits per heavy atom. The molecule has 25 heavy (non-hydrogen) atoms. The molecular weight excluding hydrogens is 340 g/mol. The smallest absolute Gasteiger partial charge is 0.389 e. The fourth-order valence-corrected chi connectivity index (χ4v) is 2.00. The van der Waals surface area contributed by atoms with E-state index in [1.54, 1.807) is 24.3 Å². The van der Waals surface area contributed by atoms with Gasteiger partial charge in [-0.05, 0) is 42.8 Å². The zero-order valence-corrected chi connectivity index (χ0v) is 13.2. The minimum atomic E-state index is -4.22. The first kappa shape index (κ1) is 18.8. The minimum Gasteiger partial charge on any atom is -0.493 e. The average molecular weight is 356 g/mol. The molecule has 0 aromatic heterocycles. The van der Waals surface area contributed by atoms with E-state index in [1.807, 2.05) is 0 Å². The summed E-state index contributed by atoms with van der Waals surface area (Å²) in [6.45, 7) is -0.168. The fourth-order valence-electron chi connectivity index (χ4n) is 2.00. The summed E-state index contributed by atoms with van der Waals surface area (Å²) in [4.78, 5) is 10.6. The molecule has 2 aromatic carbocycles. The highest BCUT2D eigenvalue weighted by Gasteiger charge is 2.26. The average Bonchev–Trinajstić information content (AvgIpc) is 2.57. The Balaban J connectivity index is 1.85. The number of hydrogen-bond acceptors (Lipinski definition) is 3. The van der Waals surface area contributed by atoms with E-state index >= 15 is 0 Å². The van der Waals surface area contributed by atoms with Crippen LogP contribution >= 0.6 is 0 Å². The van der Waals surface area contributed by atoms with Crippen molar-refractivity contribution >= 4 is 6.29 Å². The van der Waals surface area contributed by atoms with E-state index in [1.165, 1.54) is 12.1 Å². The Morgan fingerprint density at radius 2 is 1.64 bits per heavy atom. The number of halogens is 4. The van der Waals surface area contributed by atoms with Crippen molar-refractivity contribution in [1.29, 1.82) is 0 Å². The van der Waals surface area contributed by atoms with E-state index in [2.05, 4.69) is 0 Å². The summed E-state index contributed by atoms with van der Waals surface area (Å²) < 4.78 is 60.6. The molecule has 0 aliphatic heterocycles. The van der Waals surface area contributed by atoms with E-state index in [0.717, 1.165) is 6.07 Å². The van der Waals surface area contributed by atoms with Gasteiger partial charge in [0.2, 0.25) is 0 Å². The molecule has 0 spiro atoms. The van der Waals surface area contributed by atoms with Crippen molar-refractivity contribution in [1.82, 2.24) is 0 Å². The number of benzene rings is 2. The van der Waals surface area contributed by atoms with E-state index in [9.17, 15) is 22.4 Å². The fraction of sp³-hybridized carbons (Fsp3) is 0.278. The number of carbonyl (C=O) groups is 1. The lowest BCUT2D eigenvalue weighted by Crippen LogP contribution is -2.09. The quantitative estimate of drug-likeness (QED) is 0.382. The molecule has 0 unspecified atom stereocenters. The summed E-state index contributed by atoms with van der Waals surface area (Å²) in [5.41, 5.74) is 0.785. The van der Waals surface area contributed by atoms with Crippen LogP contribution in [-0.2, 0) is 6.61 Å². The van der Waals surface area contributed by atoms with E-state index in [0.29, 0.717) is 17.6 Å². The van der Waals surface area contributed by atoms with Gasteiger partial charge in [0.05, 0.1) is 6.61 Å². The number of hydrogen-bond donors (Lipinski definition) is 0. The molecule has 0 atom stereocenters. The van der Waals surface area contributed by atoms with Crippen LogP contribution in [-0.4, -0.2) is 19.1 Å². The first-order valence-corrected chi connectivity index (χ1v) is 7.53. The molecule has 0 fully saturated rings. The van der Waals surface area contributed by atoms with Crippen molar-refractivity contribution in [3.8, 4) is 11.5 Å². The molecule has 0 N–H and O–H groups in total. The van der Waals surface area contributed by atoms with Crippen LogP contribution in [0.1, 0.15) is 28.8 Å². The molecule has 3 nitrogen and oxygen atoms in total. The predicted molar refractivity (Wildman–Crippen MR) is 83.3 cm³/mol. The summed E-state index contributed by atoms with van der Waals surface area (Å²) in [5, 5.41) is 0. The Hall–Kier alpha value is -2.57. The maximum atomic E-state index is 14.0. The molecule has 0 saturated carbocycles.